The van der Waals surface area contributed by atoms with Gasteiger partial charge in [-0.1, -0.05) is 19.1 Å². The summed E-state index contributed by atoms with van der Waals surface area (Å²) in [6.45, 7) is 11.8. The van der Waals surface area contributed by atoms with E-state index >= 15 is 0 Å². The monoisotopic (exact) mass is 454 g/mol. The Morgan fingerprint density at radius 1 is 0.939 bits per heavy atom. The summed E-state index contributed by atoms with van der Waals surface area (Å²) in [5, 5.41) is 0. The maximum absolute atomic E-state index is 13.6. The highest BCUT2D eigenvalue weighted by Crippen LogP contribution is 2.46. The van der Waals surface area contributed by atoms with Gasteiger partial charge in [0.2, 0.25) is 5.78 Å². The zero-order valence-electron chi connectivity index (χ0n) is 19.5. The summed E-state index contributed by atoms with van der Waals surface area (Å²) >= 11 is 0. The summed E-state index contributed by atoms with van der Waals surface area (Å²) in [6, 6.07) is 5.96. The fourth-order valence-corrected chi connectivity index (χ4v) is 5.07. The molecule has 7 nitrogen and oxygen atoms in total. The van der Waals surface area contributed by atoms with Crippen molar-refractivity contribution in [1.29, 1.82) is 0 Å². The third-order valence-corrected chi connectivity index (χ3v) is 6.85. The molecule has 0 bridgehead atoms. The largest absolute Gasteiger partial charge is 0.492 e. The molecule has 0 spiro atoms. The van der Waals surface area contributed by atoms with E-state index < -0.39 is 0 Å². The maximum Gasteiger partial charge on any atom is 0.201 e. The van der Waals surface area contributed by atoms with Crippen molar-refractivity contribution in [2.45, 2.75) is 13.3 Å². The normalized spacial score (nSPS) is 23.8. The summed E-state index contributed by atoms with van der Waals surface area (Å²) in [5.41, 5.74) is 3.54. The Hall–Kier alpha value is -2.19. The minimum Gasteiger partial charge on any atom is -0.492 e. The van der Waals surface area contributed by atoms with Crippen molar-refractivity contribution < 1.29 is 23.7 Å². The second-order valence-electron chi connectivity index (χ2n) is 9.18. The molecule has 2 aliphatic heterocycles. The Morgan fingerprint density at radius 2 is 1.58 bits per heavy atom. The number of allylic oxidation sites excluding steroid dienone is 3. The average Bonchev–Trinajstić information content (AvgIpc) is 3.13. The zero-order valence-corrected chi connectivity index (χ0v) is 19.5. The third kappa shape index (κ3) is 5.01. The molecule has 4 aliphatic rings. The molecule has 0 N–H and O–H groups in total. The van der Waals surface area contributed by atoms with Crippen molar-refractivity contribution in [3.8, 4) is 5.75 Å². The molecule has 0 aromatic heterocycles. The quantitative estimate of drug-likeness (QED) is 0.598. The number of Topliss-reactive ketones (excluding diaryl/α,β-unsaturated/α-hetero) is 1. The number of carbonyl (C=O) groups is 1. The van der Waals surface area contributed by atoms with Crippen LogP contribution in [0.4, 0.5) is 0 Å². The van der Waals surface area contributed by atoms with Crippen LogP contribution in [-0.4, -0.2) is 94.5 Å². The summed E-state index contributed by atoms with van der Waals surface area (Å²) in [6.07, 6.45) is 2.96. The van der Waals surface area contributed by atoms with E-state index in [1.807, 2.05) is 18.2 Å². The number of rotatable bonds is 8. The molecule has 0 saturated carbocycles. The minimum absolute atomic E-state index is 0.0338. The number of ether oxygens (including phenoxy) is 4. The second-order valence-corrected chi connectivity index (χ2v) is 9.18. The molecule has 0 amide bonds. The molecule has 2 fully saturated rings. The van der Waals surface area contributed by atoms with Gasteiger partial charge >= 0.3 is 0 Å². The molecule has 7 heteroatoms. The Labute approximate surface area is 195 Å². The van der Waals surface area contributed by atoms with Crippen LogP contribution >= 0.6 is 0 Å². The molecule has 2 heterocycles. The van der Waals surface area contributed by atoms with Crippen molar-refractivity contribution in [3.63, 3.8) is 0 Å². The summed E-state index contributed by atoms with van der Waals surface area (Å²) in [7, 11) is 0. The van der Waals surface area contributed by atoms with Crippen molar-refractivity contribution in [1.82, 2.24) is 9.80 Å². The van der Waals surface area contributed by atoms with E-state index in [0.717, 1.165) is 94.6 Å². The van der Waals surface area contributed by atoms with E-state index in [1.54, 1.807) is 0 Å². The van der Waals surface area contributed by atoms with Crippen molar-refractivity contribution in [3.05, 3.63) is 46.7 Å². The van der Waals surface area contributed by atoms with Gasteiger partial charge in [0.25, 0.3) is 0 Å². The number of nitrogens with zero attached hydrogens (tertiary/aromatic N) is 2. The Bertz CT molecular complexity index is 929. The van der Waals surface area contributed by atoms with E-state index in [-0.39, 0.29) is 5.78 Å². The number of benzene rings is 1. The van der Waals surface area contributed by atoms with Crippen LogP contribution in [-0.2, 0) is 14.2 Å². The smallest absolute Gasteiger partial charge is 0.201 e. The highest BCUT2D eigenvalue weighted by atomic mass is 16.5. The van der Waals surface area contributed by atoms with E-state index in [0.29, 0.717) is 30.4 Å². The lowest BCUT2D eigenvalue weighted by molar-refractivity contribution is 0.0278. The predicted octanol–water partition coefficient (Wildman–Crippen LogP) is 2.62. The van der Waals surface area contributed by atoms with E-state index in [9.17, 15) is 4.79 Å². The molecular weight excluding hydrogens is 420 g/mol. The third-order valence-electron chi connectivity index (χ3n) is 6.85. The maximum atomic E-state index is 13.6. The molecule has 0 radical (unpaired) electrons. The standard InChI is InChI=1S/C26H34N2O5/c1-19-17-21-20-3-2-4-22(32-15-9-27-5-11-30-12-6-27)24(20)26(29)25(21)23(18-19)33-16-10-28-7-13-31-14-8-28/h2-4,18-19H,5-17H2,1H3. The molecule has 2 saturated heterocycles. The van der Waals surface area contributed by atoms with Gasteiger partial charge in [0.15, 0.2) is 0 Å². The fraction of sp³-hybridized carbons (Fsp3) is 0.577. The highest BCUT2D eigenvalue weighted by molar-refractivity contribution is 6.24. The zero-order chi connectivity index (χ0) is 22.6. The number of hydrogen-bond acceptors (Lipinski definition) is 7. The first-order valence-electron chi connectivity index (χ1n) is 12.2. The van der Waals surface area contributed by atoms with Gasteiger partial charge < -0.3 is 18.9 Å². The molecule has 2 aliphatic carbocycles. The Balaban J connectivity index is 1.26. The fourth-order valence-electron chi connectivity index (χ4n) is 5.07. The van der Waals surface area contributed by atoms with Crippen LogP contribution in [0.15, 0.2) is 35.6 Å². The van der Waals surface area contributed by atoms with Gasteiger partial charge in [0.1, 0.15) is 24.7 Å². The van der Waals surface area contributed by atoms with Gasteiger partial charge in [-0.25, -0.2) is 0 Å². The number of hydrogen-bond donors (Lipinski definition) is 0. The first kappa shape index (κ1) is 22.6. The Morgan fingerprint density at radius 3 is 2.24 bits per heavy atom. The summed E-state index contributed by atoms with van der Waals surface area (Å²) in [4.78, 5) is 18.3. The molecule has 1 aromatic carbocycles. The van der Waals surface area contributed by atoms with Crippen LogP contribution in [0.5, 0.6) is 5.75 Å². The highest BCUT2D eigenvalue weighted by Gasteiger charge is 2.37. The molecule has 1 atom stereocenters. The van der Waals surface area contributed by atoms with Crippen LogP contribution in [0, 0.1) is 5.92 Å². The lowest BCUT2D eigenvalue weighted by Gasteiger charge is -2.27. The predicted molar refractivity (Wildman–Crippen MR) is 126 cm³/mol. The average molecular weight is 455 g/mol. The molecule has 33 heavy (non-hydrogen) atoms. The van der Waals surface area contributed by atoms with Gasteiger partial charge in [-0.3, -0.25) is 14.6 Å². The number of carbonyl (C=O) groups excluding carboxylic acids is 1. The molecule has 5 rings (SSSR count). The van der Waals surface area contributed by atoms with Crippen LogP contribution in [0.2, 0.25) is 0 Å². The minimum atomic E-state index is 0.0338. The molecule has 1 unspecified atom stereocenters. The lowest BCUT2D eigenvalue weighted by Crippen LogP contribution is -2.38. The van der Waals surface area contributed by atoms with Gasteiger partial charge in [0, 0.05) is 39.3 Å². The van der Waals surface area contributed by atoms with E-state index in [2.05, 4.69) is 22.8 Å². The topological polar surface area (TPSA) is 60.5 Å². The van der Waals surface area contributed by atoms with Crippen molar-refractivity contribution in [2.24, 2.45) is 5.92 Å². The summed E-state index contributed by atoms with van der Waals surface area (Å²) < 4.78 is 23.2. The molecule has 1 aromatic rings. The second kappa shape index (κ2) is 10.4. The van der Waals surface area contributed by atoms with E-state index in [1.165, 1.54) is 0 Å². The van der Waals surface area contributed by atoms with Crippen LogP contribution in [0.25, 0.3) is 5.57 Å². The van der Waals surface area contributed by atoms with E-state index in [4.69, 9.17) is 18.9 Å². The lowest BCUT2D eigenvalue weighted by atomic mass is 9.89. The molecular formula is C26H34N2O5. The van der Waals surface area contributed by atoms with Gasteiger partial charge in [-0.05, 0) is 35.6 Å². The first-order chi connectivity index (χ1) is 16.2. The first-order valence-corrected chi connectivity index (χ1v) is 12.2. The van der Waals surface area contributed by atoms with Gasteiger partial charge in [-0.15, -0.1) is 0 Å². The number of ketones is 1. The van der Waals surface area contributed by atoms with Crippen molar-refractivity contribution in [2.75, 3.05) is 78.9 Å². The van der Waals surface area contributed by atoms with Crippen LogP contribution in [0.1, 0.15) is 29.3 Å². The van der Waals surface area contributed by atoms with Crippen LogP contribution in [0.3, 0.4) is 0 Å². The van der Waals surface area contributed by atoms with Crippen molar-refractivity contribution >= 4 is 11.4 Å². The number of fused-ring (bicyclic) bond motifs is 2. The van der Waals surface area contributed by atoms with Crippen LogP contribution < -0.4 is 4.74 Å². The van der Waals surface area contributed by atoms with Gasteiger partial charge in [0.05, 0.1) is 37.6 Å². The summed E-state index contributed by atoms with van der Waals surface area (Å²) in [5.74, 6) is 1.77. The van der Waals surface area contributed by atoms with Gasteiger partial charge in [-0.2, -0.15) is 0 Å². The Kier molecular flexibility index (Phi) is 7.11. The molecule has 178 valence electrons. The number of morpholine rings is 2. The SMILES string of the molecule is CC1C=C(OCCN2CCOCC2)C2=C(C1)c1cccc(OCCN3CCOCC3)c1C2=O.